The van der Waals surface area contributed by atoms with E-state index in [0.29, 0.717) is 25.9 Å². The number of rotatable bonds is 4. The molecule has 1 heterocycles. The van der Waals surface area contributed by atoms with E-state index in [1.165, 1.54) is 10.6 Å². The number of nitrogens with zero attached hydrogens (tertiary/aromatic N) is 1. The Morgan fingerprint density at radius 1 is 1.24 bits per heavy atom. The second-order valence-corrected chi connectivity index (χ2v) is 7.56. The number of amides is 1. The van der Waals surface area contributed by atoms with E-state index in [0.717, 1.165) is 5.56 Å². The average molecular weight is 310 g/mol. The number of sulfonamides is 1. The number of hydrogen-bond donors (Lipinski definition) is 1. The highest BCUT2D eigenvalue weighted by Gasteiger charge is 2.29. The summed E-state index contributed by atoms with van der Waals surface area (Å²) in [7, 11) is -3.14. The molecule has 5 nitrogen and oxygen atoms in total. The van der Waals surface area contributed by atoms with Gasteiger partial charge in [0.2, 0.25) is 15.9 Å². The third-order valence-electron chi connectivity index (χ3n) is 3.95. The van der Waals surface area contributed by atoms with Gasteiger partial charge in [-0.3, -0.25) is 4.79 Å². The van der Waals surface area contributed by atoms with E-state index < -0.39 is 10.0 Å². The zero-order valence-electron chi connectivity index (χ0n) is 12.5. The zero-order valence-corrected chi connectivity index (χ0v) is 13.3. The molecule has 0 unspecified atom stereocenters. The van der Waals surface area contributed by atoms with Gasteiger partial charge in [0.05, 0.1) is 12.3 Å². The molecule has 0 aromatic heterocycles. The Labute approximate surface area is 126 Å². The highest BCUT2D eigenvalue weighted by atomic mass is 32.2. The highest BCUT2D eigenvalue weighted by molar-refractivity contribution is 7.88. The molecule has 1 N–H and O–H groups in total. The van der Waals surface area contributed by atoms with Crippen LogP contribution in [0.4, 0.5) is 0 Å². The molecule has 0 spiro atoms. The monoisotopic (exact) mass is 310 g/mol. The lowest BCUT2D eigenvalue weighted by atomic mass is 9.96. The molecule has 116 valence electrons. The summed E-state index contributed by atoms with van der Waals surface area (Å²) in [6, 6.07) is 9.77. The first-order valence-electron chi connectivity index (χ1n) is 7.18. The van der Waals surface area contributed by atoms with Crippen LogP contribution in [0, 0.1) is 5.92 Å². The van der Waals surface area contributed by atoms with Crippen molar-refractivity contribution >= 4 is 15.9 Å². The van der Waals surface area contributed by atoms with Crippen LogP contribution in [0.25, 0.3) is 0 Å². The SMILES string of the molecule is C[C@H](NC(=O)C1CCN(S(C)(=O)=O)CC1)c1ccccc1. The van der Waals surface area contributed by atoms with Crippen LogP contribution in [-0.4, -0.2) is 38.0 Å². The van der Waals surface area contributed by atoms with Crippen LogP contribution in [0.2, 0.25) is 0 Å². The standard InChI is InChI=1S/C15H22N2O3S/c1-12(13-6-4-3-5-7-13)16-15(18)14-8-10-17(11-9-14)21(2,19)20/h3-7,12,14H,8-11H2,1-2H3,(H,16,18)/t12-/m0/s1. The molecule has 1 saturated heterocycles. The molecule has 0 bridgehead atoms. The minimum atomic E-state index is -3.14. The maximum Gasteiger partial charge on any atom is 0.223 e. The molecule has 1 aliphatic heterocycles. The van der Waals surface area contributed by atoms with Gasteiger partial charge in [-0.05, 0) is 25.3 Å². The normalized spacial score (nSPS) is 19.1. The number of hydrogen-bond acceptors (Lipinski definition) is 3. The maximum absolute atomic E-state index is 12.3. The topological polar surface area (TPSA) is 66.5 Å². The minimum Gasteiger partial charge on any atom is -0.349 e. The molecule has 0 saturated carbocycles. The maximum atomic E-state index is 12.3. The van der Waals surface area contributed by atoms with E-state index in [9.17, 15) is 13.2 Å². The molecule has 6 heteroatoms. The third kappa shape index (κ3) is 4.28. The second-order valence-electron chi connectivity index (χ2n) is 5.58. The summed E-state index contributed by atoms with van der Waals surface area (Å²) in [6.45, 7) is 2.81. The summed E-state index contributed by atoms with van der Waals surface area (Å²) in [5.74, 6) is -0.0892. The van der Waals surface area contributed by atoms with Crippen molar-refractivity contribution in [1.82, 2.24) is 9.62 Å². The number of nitrogens with one attached hydrogen (secondary N) is 1. The van der Waals surface area contributed by atoms with Gasteiger partial charge in [0.15, 0.2) is 0 Å². The predicted molar refractivity (Wildman–Crippen MR) is 82.1 cm³/mol. The second kappa shape index (κ2) is 6.58. The van der Waals surface area contributed by atoms with Gasteiger partial charge in [0, 0.05) is 19.0 Å². The van der Waals surface area contributed by atoms with Gasteiger partial charge < -0.3 is 5.32 Å². The van der Waals surface area contributed by atoms with Crippen LogP contribution in [0.1, 0.15) is 31.4 Å². The molecule has 1 amide bonds. The first-order chi connectivity index (χ1) is 9.88. The summed E-state index contributed by atoms with van der Waals surface area (Å²) < 4.78 is 24.3. The van der Waals surface area contributed by atoms with Crippen molar-refractivity contribution in [2.45, 2.75) is 25.8 Å². The molecule has 1 atom stereocenters. The van der Waals surface area contributed by atoms with Crippen LogP contribution in [0.3, 0.4) is 0 Å². The fourth-order valence-corrected chi connectivity index (χ4v) is 3.48. The molecule has 21 heavy (non-hydrogen) atoms. The summed E-state index contributed by atoms with van der Waals surface area (Å²) >= 11 is 0. The number of benzene rings is 1. The van der Waals surface area contributed by atoms with Crippen molar-refractivity contribution in [1.29, 1.82) is 0 Å². The molecule has 0 radical (unpaired) electrons. The molecule has 1 aromatic carbocycles. The summed E-state index contributed by atoms with van der Waals surface area (Å²) in [5, 5.41) is 3.01. The van der Waals surface area contributed by atoms with Gasteiger partial charge in [0.1, 0.15) is 0 Å². The molecular weight excluding hydrogens is 288 g/mol. The van der Waals surface area contributed by atoms with E-state index in [2.05, 4.69) is 5.32 Å². The van der Waals surface area contributed by atoms with Crippen LogP contribution in [0.15, 0.2) is 30.3 Å². The smallest absolute Gasteiger partial charge is 0.223 e. The Kier molecular flexibility index (Phi) is 5.00. The Balaban J connectivity index is 1.88. The van der Waals surface area contributed by atoms with Crippen molar-refractivity contribution in [2.24, 2.45) is 5.92 Å². The van der Waals surface area contributed by atoms with E-state index in [-0.39, 0.29) is 17.9 Å². The van der Waals surface area contributed by atoms with Crippen molar-refractivity contribution in [3.63, 3.8) is 0 Å². The summed E-state index contributed by atoms with van der Waals surface area (Å²) in [6.07, 6.45) is 2.38. The van der Waals surface area contributed by atoms with E-state index in [1.54, 1.807) is 0 Å². The molecule has 1 fully saturated rings. The summed E-state index contributed by atoms with van der Waals surface area (Å²) in [4.78, 5) is 12.3. The Morgan fingerprint density at radius 2 is 1.81 bits per heavy atom. The van der Waals surface area contributed by atoms with Crippen molar-refractivity contribution in [3.05, 3.63) is 35.9 Å². The van der Waals surface area contributed by atoms with Gasteiger partial charge in [-0.15, -0.1) is 0 Å². The highest BCUT2D eigenvalue weighted by Crippen LogP contribution is 2.21. The van der Waals surface area contributed by atoms with Crippen molar-refractivity contribution < 1.29 is 13.2 Å². The fraction of sp³-hybridized carbons (Fsp3) is 0.533. The lowest BCUT2D eigenvalue weighted by Gasteiger charge is -2.30. The first-order valence-corrected chi connectivity index (χ1v) is 9.03. The average Bonchev–Trinajstić information content (AvgIpc) is 2.47. The van der Waals surface area contributed by atoms with Gasteiger partial charge >= 0.3 is 0 Å². The van der Waals surface area contributed by atoms with Gasteiger partial charge in [-0.2, -0.15) is 0 Å². The minimum absolute atomic E-state index is 0.0134. The number of piperidine rings is 1. The van der Waals surface area contributed by atoms with E-state index >= 15 is 0 Å². The third-order valence-corrected chi connectivity index (χ3v) is 5.26. The van der Waals surface area contributed by atoms with E-state index in [1.807, 2.05) is 37.3 Å². The summed E-state index contributed by atoms with van der Waals surface area (Å²) in [5.41, 5.74) is 1.07. The fourth-order valence-electron chi connectivity index (χ4n) is 2.61. The Bertz CT molecular complexity index is 578. The lowest BCUT2D eigenvalue weighted by molar-refractivity contribution is -0.126. The van der Waals surface area contributed by atoms with Crippen molar-refractivity contribution in [3.8, 4) is 0 Å². The first kappa shape index (κ1) is 16.0. The molecule has 1 aliphatic rings. The van der Waals surface area contributed by atoms with E-state index in [4.69, 9.17) is 0 Å². The van der Waals surface area contributed by atoms with Crippen LogP contribution in [-0.2, 0) is 14.8 Å². The molecule has 0 aliphatic carbocycles. The predicted octanol–water partition coefficient (Wildman–Crippen LogP) is 1.54. The number of carbonyl (C=O) groups excluding carboxylic acids is 1. The van der Waals surface area contributed by atoms with Gasteiger partial charge in [-0.1, -0.05) is 30.3 Å². The molecule has 1 aromatic rings. The lowest BCUT2D eigenvalue weighted by Crippen LogP contribution is -2.43. The quantitative estimate of drug-likeness (QED) is 0.917. The molecule has 2 rings (SSSR count). The van der Waals surface area contributed by atoms with Crippen LogP contribution >= 0.6 is 0 Å². The Hall–Kier alpha value is -1.40. The van der Waals surface area contributed by atoms with Crippen LogP contribution in [0.5, 0.6) is 0 Å². The Morgan fingerprint density at radius 3 is 2.33 bits per heavy atom. The largest absolute Gasteiger partial charge is 0.349 e. The van der Waals surface area contributed by atoms with Gasteiger partial charge in [-0.25, -0.2) is 12.7 Å². The number of carbonyl (C=O) groups is 1. The molecular formula is C15H22N2O3S. The van der Waals surface area contributed by atoms with Crippen LogP contribution < -0.4 is 5.32 Å². The van der Waals surface area contributed by atoms with Crippen molar-refractivity contribution in [2.75, 3.05) is 19.3 Å². The van der Waals surface area contributed by atoms with Gasteiger partial charge in [0.25, 0.3) is 0 Å². The zero-order chi connectivity index (χ0) is 15.5.